The van der Waals surface area contributed by atoms with Crippen molar-refractivity contribution in [3.8, 4) is 11.5 Å². The van der Waals surface area contributed by atoms with Gasteiger partial charge in [0.2, 0.25) is 6.79 Å². The van der Waals surface area contributed by atoms with Crippen molar-refractivity contribution in [2.75, 3.05) is 31.5 Å². The van der Waals surface area contributed by atoms with E-state index in [4.69, 9.17) is 14.2 Å². The SMILES string of the molecule is CC(C)N1C(=O)C2COCCN2C(=O)c2cc3c(cc21)OCO3. The summed E-state index contributed by atoms with van der Waals surface area (Å²) in [5.74, 6) is 0.819. The zero-order valence-corrected chi connectivity index (χ0v) is 13.1. The Kier molecular flexibility index (Phi) is 3.19. The highest BCUT2D eigenvalue weighted by Gasteiger charge is 2.43. The van der Waals surface area contributed by atoms with Crippen molar-refractivity contribution in [2.24, 2.45) is 0 Å². The van der Waals surface area contributed by atoms with E-state index < -0.39 is 6.04 Å². The molecule has 0 aliphatic carbocycles. The zero-order valence-electron chi connectivity index (χ0n) is 13.1. The third-order valence-electron chi connectivity index (χ3n) is 4.41. The van der Waals surface area contributed by atoms with Crippen molar-refractivity contribution < 1.29 is 23.8 Å². The Morgan fingerprint density at radius 1 is 1.17 bits per heavy atom. The van der Waals surface area contributed by atoms with E-state index in [1.165, 1.54) is 0 Å². The van der Waals surface area contributed by atoms with Crippen LogP contribution in [0, 0.1) is 0 Å². The minimum absolute atomic E-state index is 0.0868. The molecule has 1 fully saturated rings. The molecule has 0 saturated carbocycles. The van der Waals surface area contributed by atoms with Crippen LogP contribution in [-0.2, 0) is 9.53 Å². The molecule has 0 aromatic heterocycles. The van der Waals surface area contributed by atoms with E-state index in [-0.39, 0.29) is 31.3 Å². The molecule has 1 unspecified atom stereocenters. The Balaban J connectivity index is 1.91. The van der Waals surface area contributed by atoms with Crippen molar-refractivity contribution in [1.29, 1.82) is 0 Å². The van der Waals surface area contributed by atoms with Gasteiger partial charge in [0.05, 0.1) is 24.5 Å². The van der Waals surface area contributed by atoms with Crippen molar-refractivity contribution in [2.45, 2.75) is 25.9 Å². The van der Waals surface area contributed by atoms with Gasteiger partial charge in [0, 0.05) is 18.7 Å². The summed E-state index contributed by atoms with van der Waals surface area (Å²) in [5, 5.41) is 0. The predicted molar refractivity (Wildman–Crippen MR) is 80.8 cm³/mol. The summed E-state index contributed by atoms with van der Waals surface area (Å²) in [5.41, 5.74) is 1.05. The highest BCUT2D eigenvalue weighted by atomic mass is 16.7. The van der Waals surface area contributed by atoms with Crippen LogP contribution in [0.3, 0.4) is 0 Å². The van der Waals surface area contributed by atoms with Crippen molar-refractivity contribution >= 4 is 17.5 Å². The van der Waals surface area contributed by atoms with Gasteiger partial charge in [-0.15, -0.1) is 0 Å². The average molecular weight is 318 g/mol. The summed E-state index contributed by atoms with van der Waals surface area (Å²) in [6.45, 7) is 5.06. The van der Waals surface area contributed by atoms with Crippen molar-refractivity contribution in [3.63, 3.8) is 0 Å². The van der Waals surface area contributed by atoms with Gasteiger partial charge in [-0.2, -0.15) is 0 Å². The second-order valence-electron chi connectivity index (χ2n) is 6.11. The first kappa shape index (κ1) is 14.3. The summed E-state index contributed by atoms with van der Waals surface area (Å²) in [6.07, 6.45) is 0. The number of fused-ring (bicyclic) bond motifs is 3. The van der Waals surface area contributed by atoms with Gasteiger partial charge in [0.15, 0.2) is 11.5 Å². The number of carbonyl (C=O) groups excluding carboxylic acids is 2. The summed E-state index contributed by atoms with van der Waals surface area (Å²) in [6, 6.07) is 2.74. The van der Waals surface area contributed by atoms with Crippen LogP contribution in [0.15, 0.2) is 12.1 Å². The molecule has 23 heavy (non-hydrogen) atoms. The lowest BCUT2D eigenvalue weighted by Gasteiger charge is -2.35. The van der Waals surface area contributed by atoms with E-state index in [2.05, 4.69) is 0 Å². The number of benzene rings is 1. The molecule has 4 rings (SSSR count). The first-order chi connectivity index (χ1) is 11.1. The molecule has 2 amide bonds. The van der Waals surface area contributed by atoms with Crippen molar-refractivity contribution in [1.82, 2.24) is 4.90 Å². The lowest BCUT2D eigenvalue weighted by Crippen LogP contribution is -2.55. The molecule has 3 aliphatic heterocycles. The molecule has 1 aromatic rings. The fraction of sp³-hybridized carbons (Fsp3) is 0.500. The number of amides is 2. The van der Waals surface area contributed by atoms with Gasteiger partial charge in [-0.3, -0.25) is 9.59 Å². The molecule has 122 valence electrons. The largest absolute Gasteiger partial charge is 0.454 e. The van der Waals surface area contributed by atoms with Gasteiger partial charge in [-0.05, 0) is 19.9 Å². The summed E-state index contributed by atoms with van der Waals surface area (Å²) in [7, 11) is 0. The lowest BCUT2D eigenvalue weighted by atomic mass is 10.1. The molecule has 1 saturated heterocycles. The number of ether oxygens (including phenoxy) is 3. The fourth-order valence-corrected chi connectivity index (χ4v) is 3.32. The van der Waals surface area contributed by atoms with Crippen LogP contribution in [0.2, 0.25) is 0 Å². The second kappa shape index (κ2) is 5.13. The Hall–Kier alpha value is -2.28. The van der Waals surface area contributed by atoms with Crippen LogP contribution < -0.4 is 14.4 Å². The summed E-state index contributed by atoms with van der Waals surface area (Å²) in [4.78, 5) is 29.3. The number of hydrogen-bond donors (Lipinski definition) is 0. The fourth-order valence-electron chi connectivity index (χ4n) is 3.32. The highest BCUT2D eigenvalue weighted by Crippen LogP contribution is 2.41. The molecule has 0 N–H and O–H groups in total. The highest BCUT2D eigenvalue weighted by molar-refractivity contribution is 6.12. The first-order valence-electron chi connectivity index (χ1n) is 7.73. The summed E-state index contributed by atoms with van der Waals surface area (Å²) >= 11 is 0. The minimum atomic E-state index is -0.581. The Bertz CT molecular complexity index is 687. The second-order valence-corrected chi connectivity index (χ2v) is 6.11. The smallest absolute Gasteiger partial charge is 0.256 e. The Morgan fingerprint density at radius 2 is 1.91 bits per heavy atom. The van der Waals surface area contributed by atoms with E-state index in [0.717, 1.165) is 0 Å². The molecule has 0 radical (unpaired) electrons. The standard InChI is InChI=1S/C16H18N2O5/c1-9(2)18-11-6-14-13(22-8-23-14)5-10(11)15(19)17-3-4-21-7-12(17)16(18)20/h5-6,9,12H,3-4,7-8H2,1-2H3. The van der Waals surface area contributed by atoms with E-state index in [0.29, 0.717) is 35.9 Å². The van der Waals surface area contributed by atoms with Crippen LogP contribution in [-0.4, -0.2) is 55.3 Å². The van der Waals surface area contributed by atoms with Crippen LogP contribution >= 0.6 is 0 Å². The first-order valence-corrected chi connectivity index (χ1v) is 7.73. The molecule has 3 aliphatic rings. The zero-order chi connectivity index (χ0) is 16.1. The van der Waals surface area contributed by atoms with Crippen LogP contribution in [0.25, 0.3) is 0 Å². The average Bonchev–Trinajstić information content (AvgIpc) is 2.97. The van der Waals surface area contributed by atoms with Gasteiger partial charge < -0.3 is 24.0 Å². The molecule has 0 bridgehead atoms. The number of carbonyl (C=O) groups is 2. The van der Waals surface area contributed by atoms with Gasteiger partial charge >= 0.3 is 0 Å². The quantitative estimate of drug-likeness (QED) is 0.773. The lowest BCUT2D eigenvalue weighted by molar-refractivity contribution is -0.128. The van der Waals surface area contributed by atoms with Crippen LogP contribution in [0.1, 0.15) is 24.2 Å². The normalized spacial score (nSPS) is 23.0. The van der Waals surface area contributed by atoms with Crippen molar-refractivity contribution in [3.05, 3.63) is 17.7 Å². The third-order valence-corrected chi connectivity index (χ3v) is 4.41. The maximum atomic E-state index is 13.0. The number of anilines is 1. The number of nitrogens with zero attached hydrogens (tertiary/aromatic N) is 2. The topological polar surface area (TPSA) is 68.3 Å². The minimum Gasteiger partial charge on any atom is -0.454 e. The maximum Gasteiger partial charge on any atom is 0.256 e. The van der Waals surface area contributed by atoms with E-state index >= 15 is 0 Å². The molecule has 1 atom stereocenters. The van der Waals surface area contributed by atoms with Gasteiger partial charge in [-0.1, -0.05) is 0 Å². The Labute approximate surface area is 133 Å². The molecule has 7 heteroatoms. The van der Waals surface area contributed by atoms with E-state index in [9.17, 15) is 9.59 Å². The van der Waals surface area contributed by atoms with Crippen LogP contribution in [0.4, 0.5) is 5.69 Å². The molecular formula is C16H18N2O5. The molecule has 3 heterocycles. The van der Waals surface area contributed by atoms with Gasteiger partial charge in [-0.25, -0.2) is 0 Å². The Morgan fingerprint density at radius 3 is 2.65 bits per heavy atom. The number of hydrogen-bond acceptors (Lipinski definition) is 5. The molecule has 0 spiro atoms. The molecule has 1 aromatic carbocycles. The van der Waals surface area contributed by atoms with E-state index in [1.807, 2.05) is 13.8 Å². The molecule has 7 nitrogen and oxygen atoms in total. The van der Waals surface area contributed by atoms with Gasteiger partial charge in [0.1, 0.15) is 6.04 Å². The molecular weight excluding hydrogens is 300 g/mol. The summed E-state index contributed by atoms with van der Waals surface area (Å²) < 4.78 is 16.2. The maximum absolute atomic E-state index is 13.0. The third kappa shape index (κ3) is 2.07. The number of rotatable bonds is 1. The van der Waals surface area contributed by atoms with E-state index in [1.54, 1.807) is 21.9 Å². The number of morpholine rings is 1. The van der Waals surface area contributed by atoms with Gasteiger partial charge in [0.25, 0.3) is 11.8 Å². The predicted octanol–water partition coefficient (Wildman–Crippen LogP) is 1.01. The van der Waals surface area contributed by atoms with Crippen LogP contribution in [0.5, 0.6) is 11.5 Å². The monoisotopic (exact) mass is 318 g/mol.